The number of anilines is 1. The quantitative estimate of drug-likeness (QED) is 0.316. The third kappa shape index (κ3) is 7.46. The summed E-state index contributed by atoms with van der Waals surface area (Å²) in [7, 11) is 1.53. The third-order valence-electron chi connectivity index (χ3n) is 4.87. The van der Waals surface area contributed by atoms with Crippen LogP contribution in [0.3, 0.4) is 0 Å². The van der Waals surface area contributed by atoms with Gasteiger partial charge >= 0.3 is 0 Å². The maximum Gasteiger partial charge on any atom is 0.260 e. The molecule has 1 amide bonds. The average molecular weight is 525 g/mol. The van der Waals surface area contributed by atoms with Crippen LogP contribution in [0.1, 0.15) is 19.4 Å². The number of rotatable bonds is 7. The summed E-state index contributed by atoms with van der Waals surface area (Å²) in [6.45, 7) is 4.91. The fraction of sp³-hybridized carbons (Fsp3) is 0.348. The van der Waals surface area contributed by atoms with Gasteiger partial charge in [-0.3, -0.25) is 10.2 Å². The van der Waals surface area contributed by atoms with Gasteiger partial charge in [0.2, 0.25) is 0 Å². The molecule has 0 radical (unpaired) electrons. The average Bonchev–Trinajstić information content (AvgIpc) is 2.79. The van der Waals surface area contributed by atoms with E-state index in [4.69, 9.17) is 49.6 Å². The van der Waals surface area contributed by atoms with Crippen LogP contribution in [0.2, 0.25) is 10.0 Å². The predicted octanol–water partition coefficient (Wildman–Crippen LogP) is 4.34. The fourth-order valence-corrected chi connectivity index (χ4v) is 3.86. The summed E-state index contributed by atoms with van der Waals surface area (Å²) in [5, 5.41) is 8.25. The van der Waals surface area contributed by atoms with Gasteiger partial charge in [-0.1, -0.05) is 23.2 Å². The zero-order chi connectivity index (χ0) is 24.7. The normalized spacial score (nSPS) is 18.0. The molecule has 1 aliphatic rings. The molecule has 1 fully saturated rings. The molecule has 182 valence electrons. The van der Waals surface area contributed by atoms with E-state index < -0.39 is 0 Å². The van der Waals surface area contributed by atoms with E-state index in [9.17, 15) is 4.79 Å². The molecule has 34 heavy (non-hydrogen) atoms. The van der Waals surface area contributed by atoms with Crippen LogP contribution in [0.15, 0.2) is 41.5 Å². The first-order chi connectivity index (χ1) is 16.2. The van der Waals surface area contributed by atoms with E-state index >= 15 is 0 Å². The molecule has 8 nitrogen and oxygen atoms in total. The zero-order valence-electron chi connectivity index (χ0n) is 19.0. The fourth-order valence-electron chi connectivity index (χ4n) is 3.39. The second-order valence-electron chi connectivity index (χ2n) is 7.71. The van der Waals surface area contributed by atoms with Gasteiger partial charge in [-0.2, -0.15) is 5.10 Å². The van der Waals surface area contributed by atoms with Crippen molar-refractivity contribution >= 4 is 58.3 Å². The van der Waals surface area contributed by atoms with Crippen LogP contribution in [-0.2, 0) is 9.53 Å². The van der Waals surface area contributed by atoms with Crippen LogP contribution in [0.25, 0.3) is 0 Å². The number of nitrogens with zero attached hydrogens (tertiary/aromatic N) is 2. The molecule has 2 N–H and O–H groups in total. The molecule has 1 heterocycles. The molecule has 11 heteroatoms. The summed E-state index contributed by atoms with van der Waals surface area (Å²) in [4.78, 5) is 14.3. The van der Waals surface area contributed by atoms with Crippen molar-refractivity contribution in [2.24, 2.45) is 5.10 Å². The Bertz CT molecular complexity index is 1060. The summed E-state index contributed by atoms with van der Waals surface area (Å²) in [6, 6.07) is 10.4. The van der Waals surface area contributed by atoms with Gasteiger partial charge in [0, 0.05) is 18.8 Å². The van der Waals surface area contributed by atoms with Crippen molar-refractivity contribution < 1.29 is 19.0 Å². The Balaban J connectivity index is 1.53. The van der Waals surface area contributed by atoms with Gasteiger partial charge in [0.25, 0.3) is 5.91 Å². The maximum absolute atomic E-state index is 12.5. The minimum Gasteiger partial charge on any atom is -0.493 e. The van der Waals surface area contributed by atoms with Crippen molar-refractivity contribution in [3.63, 3.8) is 0 Å². The first kappa shape index (κ1) is 26.0. The minimum absolute atomic E-state index is 0.00138. The van der Waals surface area contributed by atoms with Gasteiger partial charge in [0.1, 0.15) is 0 Å². The number of benzene rings is 2. The number of carbonyl (C=O) groups excluding carboxylic acids is 1. The van der Waals surface area contributed by atoms with E-state index in [1.54, 1.807) is 47.5 Å². The molecule has 0 saturated carbocycles. The highest BCUT2D eigenvalue weighted by molar-refractivity contribution is 7.80. The Morgan fingerprint density at radius 2 is 1.91 bits per heavy atom. The van der Waals surface area contributed by atoms with Crippen molar-refractivity contribution in [1.82, 2.24) is 10.3 Å². The van der Waals surface area contributed by atoms with E-state index in [1.807, 2.05) is 13.8 Å². The highest BCUT2D eigenvalue weighted by atomic mass is 35.5. The Morgan fingerprint density at radius 3 is 2.59 bits per heavy atom. The lowest BCUT2D eigenvalue weighted by Crippen LogP contribution is -2.49. The maximum atomic E-state index is 12.5. The predicted molar refractivity (Wildman–Crippen MR) is 138 cm³/mol. The number of nitrogens with one attached hydrogen (secondary N) is 2. The molecule has 0 aromatic heterocycles. The van der Waals surface area contributed by atoms with Crippen molar-refractivity contribution in [2.45, 2.75) is 26.1 Å². The molecule has 2 unspecified atom stereocenters. The summed E-state index contributed by atoms with van der Waals surface area (Å²) >= 11 is 17.1. The zero-order valence-corrected chi connectivity index (χ0v) is 21.3. The first-order valence-electron chi connectivity index (χ1n) is 10.5. The third-order valence-corrected chi connectivity index (χ3v) is 5.80. The van der Waals surface area contributed by atoms with Gasteiger partial charge in [-0.05, 0) is 68.0 Å². The van der Waals surface area contributed by atoms with Crippen LogP contribution in [0.4, 0.5) is 5.69 Å². The lowest BCUT2D eigenvalue weighted by molar-refractivity contribution is -0.145. The lowest BCUT2D eigenvalue weighted by atomic mass is 10.2. The second-order valence-corrected chi connectivity index (χ2v) is 8.93. The number of hydrogen-bond acceptors (Lipinski definition) is 6. The number of halogens is 2. The van der Waals surface area contributed by atoms with E-state index in [-0.39, 0.29) is 29.8 Å². The molecule has 0 bridgehead atoms. The topological polar surface area (TPSA) is 84.4 Å². The largest absolute Gasteiger partial charge is 0.493 e. The molecule has 1 saturated heterocycles. The minimum atomic E-state index is -0.0955. The lowest BCUT2D eigenvalue weighted by Gasteiger charge is -2.35. The Labute approximate surface area is 214 Å². The van der Waals surface area contributed by atoms with Crippen LogP contribution in [0.5, 0.6) is 11.5 Å². The number of carbonyl (C=O) groups is 1. The number of thiocarbonyl (C=S) groups is 1. The second kappa shape index (κ2) is 12.2. The van der Waals surface area contributed by atoms with E-state index in [1.165, 1.54) is 7.11 Å². The van der Waals surface area contributed by atoms with Crippen LogP contribution < -0.4 is 20.2 Å². The molecule has 2 atom stereocenters. The summed E-state index contributed by atoms with van der Waals surface area (Å²) < 4.78 is 16.8. The Kier molecular flexibility index (Phi) is 9.35. The van der Waals surface area contributed by atoms with Gasteiger partial charge in [0.15, 0.2) is 23.2 Å². The standard InChI is InChI=1S/C23H26Cl2N4O4S/c1-14-11-29(12-15(2)33-14)22(30)13-32-20-7-4-16(8-21(20)31-3)10-26-28-23(34)27-17-5-6-18(24)19(25)9-17/h4-10,14-15H,11-13H2,1-3H3,(H2,27,28,34)/b26-10+. The molecule has 2 aromatic carbocycles. The van der Waals surface area contributed by atoms with Crippen LogP contribution >= 0.6 is 35.4 Å². The number of methoxy groups -OCH3 is 1. The van der Waals surface area contributed by atoms with Crippen LogP contribution in [0, 0.1) is 0 Å². The molecule has 2 aromatic rings. The highest BCUT2D eigenvalue weighted by Gasteiger charge is 2.26. The molecule has 0 spiro atoms. The number of hydrogen-bond donors (Lipinski definition) is 2. The monoisotopic (exact) mass is 524 g/mol. The highest BCUT2D eigenvalue weighted by Crippen LogP contribution is 2.28. The van der Waals surface area contributed by atoms with Gasteiger partial charge in [0.05, 0.1) is 35.6 Å². The SMILES string of the molecule is COc1cc(/C=N/NC(=S)Nc2ccc(Cl)c(Cl)c2)ccc1OCC(=O)N1CC(C)OC(C)C1. The summed E-state index contributed by atoms with van der Waals surface area (Å²) in [6.07, 6.45) is 1.58. The first-order valence-corrected chi connectivity index (χ1v) is 11.7. The van der Waals surface area contributed by atoms with Gasteiger partial charge in [-0.15, -0.1) is 0 Å². The molecule has 1 aliphatic heterocycles. The van der Waals surface area contributed by atoms with E-state index in [2.05, 4.69) is 15.8 Å². The number of amides is 1. The number of ether oxygens (including phenoxy) is 3. The van der Waals surface area contributed by atoms with Crippen LogP contribution in [-0.4, -0.2) is 61.1 Å². The molecule has 3 rings (SSSR count). The van der Waals surface area contributed by atoms with Crippen molar-refractivity contribution in [3.05, 3.63) is 52.0 Å². The van der Waals surface area contributed by atoms with E-state index in [0.717, 1.165) is 5.56 Å². The van der Waals surface area contributed by atoms with E-state index in [0.29, 0.717) is 40.3 Å². The summed E-state index contributed by atoms with van der Waals surface area (Å²) in [5.74, 6) is 0.853. The molecular formula is C23H26Cl2N4O4S. The van der Waals surface area contributed by atoms with Gasteiger partial charge < -0.3 is 24.4 Å². The van der Waals surface area contributed by atoms with Crippen molar-refractivity contribution in [2.75, 3.05) is 32.1 Å². The summed E-state index contributed by atoms with van der Waals surface area (Å²) in [5.41, 5.74) is 4.16. The number of morpholine rings is 1. The molecule has 0 aliphatic carbocycles. The van der Waals surface area contributed by atoms with Gasteiger partial charge in [-0.25, -0.2) is 0 Å². The van der Waals surface area contributed by atoms with Crippen molar-refractivity contribution in [3.8, 4) is 11.5 Å². The number of hydrazone groups is 1. The van der Waals surface area contributed by atoms with Crippen molar-refractivity contribution in [1.29, 1.82) is 0 Å². The smallest absolute Gasteiger partial charge is 0.260 e. The Morgan fingerprint density at radius 1 is 1.18 bits per heavy atom. The molecular weight excluding hydrogens is 499 g/mol. The Hall–Kier alpha value is -2.59.